The van der Waals surface area contributed by atoms with Gasteiger partial charge < -0.3 is 4.74 Å². The molecule has 0 radical (unpaired) electrons. The predicted octanol–water partition coefficient (Wildman–Crippen LogP) is -1.31. The lowest BCUT2D eigenvalue weighted by molar-refractivity contribution is -0.153. The molecule has 0 aromatic carbocycles. The van der Waals surface area contributed by atoms with Gasteiger partial charge in [0.25, 0.3) is 5.91 Å². The van der Waals surface area contributed by atoms with E-state index < -0.39 is 24.0 Å². The molecule has 0 spiro atoms. The highest BCUT2D eigenvalue weighted by atomic mass is 16.7. The largest absolute Gasteiger partial charge is 0.469 e. The van der Waals surface area contributed by atoms with E-state index in [1.54, 1.807) is 0 Å². The molecule has 1 aliphatic rings. The van der Waals surface area contributed by atoms with E-state index in [1.165, 1.54) is 7.11 Å². The maximum absolute atomic E-state index is 11.0. The maximum Gasteiger partial charge on any atom is 0.345 e. The van der Waals surface area contributed by atoms with E-state index in [0.29, 0.717) is 0 Å². The zero-order valence-corrected chi connectivity index (χ0v) is 6.83. The minimum Gasteiger partial charge on any atom is -0.469 e. The van der Waals surface area contributed by atoms with Crippen molar-refractivity contribution >= 4 is 17.9 Å². The Morgan fingerprint density at radius 2 is 2.31 bits per heavy atom. The van der Waals surface area contributed by atoms with Crippen molar-refractivity contribution < 1.29 is 24.0 Å². The molecule has 0 aromatic rings. The third-order valence-corrected chi connectivity index (χ3v) is 1.40. The maximum atomic E-state index is 11.0. The van der Waals surface area contributed by atoms with Crippen LogP contribution in [0.4, 0.5) is 4.79 Å². The molecule has 1 saturated heterocycles. The van der Waals surface area contributed by atoms with E-state index in [1.807, 2.05) is 10.8 Å². The molecular weight excluding hydrogens is 180 g/mol. The topological polar surface area (TPSA) is 93.7 Å². The third-order valence-electron chi connectivity index (χ3n) is 1.40. The number of nitrogens with one attached hydrogen (secondary N) is 2. The molecule has 1 fully saturated rings. The number of ether oxygens (including phenoxy) is 1. The van der Waals surface area contributed by atoms with Crippen molar-refractivity contribution in [2.75, 3.05) is 7.11 Å². The van der Waals surface area contributed by atoms with Gasteiger partial charge in [0, 0.05) is 0 Å². The Morgan fingerprint density at radius 1 is 1.62 bits per heavy atom. The van der Waals surface area contributed by atoms with E-state index in [0.717, 1.165) is 0 Å². The van der Waals surface area contributed by atoms with Gasteiger partial charge in [-0.25, -0.2) is 10.3 Å². The minimum atomic E-state index is -1.02. The highest BCUT2D eigenvalue weighted by Gasteiger charge is 2.29. The smallest absolute Gasteiger partial charge is 0.345 e. The number of rotatable bonds is 2. The summed E-state index contributed by atoms with van der Waals surface area (Å²) < 4.78 is 4.32. The molecule has 2 N–H and O–H groups in total. The lowest BCUT2D eigenvalue weighted by atomic mass is 10.2. The average molecular weight is 188 g/mol. The SMILES string of the molecule is COC(=O)CC1ONC(=O)NC1=O. The van der Waals surface area contributed by atoms with Gasteiger partial charge in [-0.15, -0.1) is 0 Å². The second-order valence-corrected chi connectivity index (χ2v) is 2.31. The molecular formula is C6H8N2O5. The number of hydroxylamine groups is 1. The Labute approximate surface area is 73.3 Å². The number of esters is 1. The Morgan fingerprint density at radius 3 is 2.85 bits per heavy atom. The van der Waals surface area contributed by atoms with Crippen molar-refractivity contribution in [2.24, 2.45) is 0 Å². The third kappa shape index (κ3) is 2.41. The number of methoxy groups -OCH3 is 1. The molecule has 3 amide bonds. The van der Waals surface area contributed by atoms with Crippen molar-refractivity contribution in [3.05, 3.63) is 0 Å². The van der Waals surface area contributed by atoms with Crippen LogP contribution in [0.25, 0.3) is 0 Å². The number of imide groups is 1. The number of carbonyl (C=O) groups is 3. The van der Waals surface area contributed by atoms with E-state index >= 15 is 0 Å². The van der Waals surface area contributed by atoms with Crippen LogP contribution in [-0.2, 0) is 19.2 Å². The monoisotopic (exact) mass is 188 g/mol. The predicted molar refractivity (Wildman–Crippen MR) is 38.2 cm³/mol. The summed E-state index contributed by atoms with van der Waals surface area (Å²) in [6.07, 6.45) is -1.26. The van der Waals surface area contributed by atoms with Crippen LogP contribution in [0, 0.1) is 0 Å². The second-order valence-electron chi connectivity index (χ2n) is 2.31. The highest BCUT2D eigenvalue weighted by molar-refractivity contribution is 5.99. The molecule has 0 aliphatic carbocycles. The number of urea groups is 1. The fourth-order valence-corrected chi connectivity index (χ4v) is 0.765. The normalized spacial score (nSPS) is 21.8. The van der Waals surface area contributed by atoms with Crippen molar-refractivity contribution in [3.8, 4) is 0 Å². The van der Waals surface area contributed by atoms with Crippen molar-refractivity contribution in [3.63, 3.8) is 0 Å². The molecule has 1 rings (SSSR count). The molecule has 7 heteroatoms. The molecule has 1 heterocycles. The van der Waals surface area contributed by atoms with Gasteiger partial charge in [-0.3, -0.25) is 19.7 Å². The lowest BCUT2D eigenvalue weighted by Gasteiger charge is -2.20. The minimum absolute atomic E-state index is 0.234. The number of hydrogen-bond donors (Lipinski definition) is 2. The first kappa shape index (κ1) is 9.46. The second kappa shape index (κ2) is 3.85. The summed E-state index contributed by atoms with van der Waals surface area (Å²) >= 11 is 0. The number of amides is 3. The van der Waals surface area contributed by atoms with Gasteiger partial charge in [-0.05, 0) is 0 Å². The van der Waals surface area contributed by atoms with E-state index in [9.17, 15) is 14.4 Å². The standard InChI is InChI=1S/C6H8N2O5/c1-12-4(9)2-3-5(10)7-6(11)8-13-3/h3H,2H2,1H3,(H2,7,8,10,11). The first-order valence-electron chi connectivity index (χ1n) is 3.47. The summed E-state index contributed by atoms with van der Waals surface area (Å²) in [5, 5.41) is 1.94. The van der Waals surface area contributed by atoms with Gasteiger partial charge in [-0.1, -0.05) is 0 Å². The van der Waals surface area contributed by atoms with Crippen LogP contribution in [0.5, 0.6) is 0 Å². The van der Waals surface area contributed by atoms with Crippen molar-refractivity contribution in [2.45, 2.75) is 12.5 Å². The molecule has 72 valence electrons. The van der Waals surface area contributed by atoms with Crippen LogP contribution in [0.15, 0.2) is 0 Å². The molecule has 0 bridgehead atoms. The molecule has 0 aromatic heterocycles. The lowest BCUT2D eigenvalue weighted by Crippen LogP contribution is -2.54. The summed E-state index contributed by atoms with van der Waals surface area (Å²) in [4.78, 5) is 36.7. The van der Waals surface area contributed by atoms with Gasteiger partial charge in [-0.2, -0.15) is 0 Å². The van der Waals surface area contributed by atoms with Crippen LogP contribution >= 0.6 is 0 Å². The number of hydrogen-bond acceptors (Lipinski definition) is 5. The Balaban J connectivity index is 2.47. The number of carbonyl (C=O) groups excluding carboxylic acids is 3. The van der Waals surface area contributed by atoms with Crippen molar-refractivity contribution in [1.29, 1.82) is 0 Å². The van der Waals surface area contributed by atoms with Gasteiger partial charge >= 0.3 is 12.0 Å². The molecule has 1 atom stereocenters. The Hall–Kier alpha value is -1.63. The summed E-state index contributed by atoms with van der Waals surface area (Å²) in [7, 11) is 1.20. The molecule has 1 unspecified atom stereocenters. The first-order chi connectivity index (χ1) is 6.13. The fourth-order valence-electron chi connectivity index (χ4n) is 0.765. The fraction of sp³-hybridized carbons (Fsp3) is 0.500. The quantitative estimate of drug-likeness (QED) is 0.524. The summed E-state index contributed by atoms with van der Waals surface area (Å²) in [6, 6.07) is -0.744. The highest BCUT2D eigenvalue weighted by Crippen LogP contribution is 2.01. The Bertz CT molecular complexity index is 251. The molecule has 13 heavy (non-hydrogen) atoms. The van der Waals surface area contributed by atoms with Crippen LogP contribution in [-0.4, -0.2) is 31.1 Å². The average Bonchev–Trinajstić information content (AvgIpc) is 2.09. The summed E-state index contributed by atoms with van der Waals surface area (Å²) in [5.74, 6) is -1.24. The van der Waals surface area contributed by atoms with Gasteiger partial charge in [0.15, 0.2) is 6.10 Å². The van der Waals surface area contributed by atoms with Crippen LogP contribution in [0.3, 0.4) is 0 Å². The van der Waals surface area contributed by atoms with Crippen LogP contribution in [0.2, 0.25) is 0 Å². The zero-order valence-electron chi connectivity index (χ0n) is 6.83. The van der Waals surface area contributed by atoms with E-state index in [4.69, 9.17) is 0 Å². The summed E-state index contributed by atoms with van der Waals surface area (Å²) in [6.45, 7) is 0. The Kier molecular flexibility index (Phi) is 2.80. The van der Waals surface area contributed by atoms with Gasteiger partial charge in [0.2, 0.25) is 0 Å². The van der Waals surface area contributed by atoms with Gasteiger partial charge in [0.05, 0.1) is 13.5 Å². The first-order valence-corrected chi connectivity index (χ1v) is 3.47. The summed E-state index contributed by atoms with van der Waals surface area (Å²) in [5.41, 5.74) is 1.91. The molecule has 7 nitrogen and oxygen atoms in total. The van der Waals surface area contributed by atoms with E-state index in [2.05, 4.69) is 9.57 Å². The zero-order chi connectivity index (χ0) is 9.84. The van der Waals surface area contributed by atoms with E-state index in [-0.39, 0.29) is 6.42 Å². The van der Waals surface area contributed by atoms with Crippen LogP contribution < -0.4 is 10.8 Å². The van der Waals surface area contributed by atoms with Gasteiger partial charge in [0.1, 0.15) is 0 Å². The molecule has 1 aliphatic heterocycles. The van der Waals surface area contributed by atoms with Crippen LogP contribution in [0.1, 0.15) is 6.42 Å². The molecule has 0 saturated carbocycles. The van der Waals surface area contributed by atoms with Crippen molar-refractivity contribution in [1.82, 2.24) is 10.8 Å².